The van der Waals surface area contributed by atoms with Gasteiger partial charge in [0.05, 0.1) is 29.5 Å². The van der Waals surface area contributed by atoms with Gasteiger partial charge in [-0.15, -0.1) is 5.10 Å². The van der Waals surface area contributed by atoms with E-state index in [4.69, 9.17) is 9.47 Å². The highest BCUT2D eigenvalue weighted by Gasteiger charge is 2.48. The SMILES string of the molecule is CCOC(=O)c1nnn(C2CC(C)(C)OC2(C)C)c1C. The van der Waals surface area contributed by atoms with Gasteiger partial charge in [-0.25, -0.2) is 9.48 Å². The first kappa shape index (κ1) is 15.0. The molecule has 1 saturated heterocycles. The molecule has 112 valence electrons. The van der Waals surface area contributed by atoms with Gasteiger partial charge in [0.25, 0.3) is 0 Å². The van der Waals surface area contributed by atoms with Crippen molar-refractivity contribution in [1.82, 2.24) is 15.0 Å². The fraction of sp³-hybridized carbons (Fsp3) is 0.786. The molecule has 2 heterocycles. The van der Waals surface area contributed by atoms with Crippen LogP contribution in [0.4, 0.5) is 0 Å². The van der Waals surface area contributed by atoms with Crippen LogP contribution in [0.5, 0.6) is 0 Å². The molecule has 20 heavy (non-hydrogen) atoms. The van der Waals surface area contributed by atoms with Crippen molar-refractivity contribution in [2.45, 2.75) is 65.2 Å². The van der Waals surface area contributed by atoms with Gasteiger partial charge in [0.2, 0.25) is 0 Å². The molecule has 0 bridgehead atoms. The highest BCUT2D eigenvalue weighted by molar-refractivity contribution is 5.88. The number of aromatic nitrogens is 3. The smallest absolute Gasteiger partial charge is 0.360 e. The van der Waals surface area contributed by atoms with Gasteiger partial charge in [0.1, 0.15) is 0 Å². The number of hydrogen-bond donors (Lipinski definition) is 0. The molecule has 0 aromatic carbocycles. The van der Waals surface area contributed by atoms with Crippen LogP contribution in [0.3, 0.4) is 0 Å². The summed E-state index contributed by atoms with van der Waals surface area (Å²) in [5.74, 6) is -0.424. The van der Waals surface area contributed by atoms with Gasteiger partial charge in [0.15, 0.2) is 5.69 Å². The number of hydrogen-bond acceptors (Lipinski definition) is 5. The van der Waals surface area contributed by atoms with Crippen LogP contribution in [0, 0.1) is 6.92 Å². The van der Waals surface area contributed by atoms with Crippen LogP contribution in [-0.2, 0) is 9.47 Å². The topological polar surface area (TPSA) is 66.2 Å². The number of ether oxygens (including phenoxy) is 2. The van der Waals surface area contributed by atoms with Crippen molar-refractivity contribution in [3.8, 4) is 0 Å². The molecule has 0 radical (unpaired) electrons. The minimum Gasteiger partial charge on any atom is -0.461 e. The second-order valence-corrected chi connectivity index (χ2v) is 6.37. The Labute approximate surface area is 119 Å². The Kier molecular flexibility index (Phi) is 3.62. The summed E-state index contributed by atoms with van der Waals surface area (Å²) >= 11 is 0. The van der Waals surface area contributed by atoms with Crippen LogP contribution in [-0.4, -0.2) is 38.8 Å². The van der Waals surface area contributed by atoms with E-state index in [1.807, 2.05) is 20.8 Å². The fourth-order valence-electron chi connectivity index (χ4n) is 2.94. The third kappa shape index (κ3) is 2.57. The molecule has 0 saturated carbocycles. The van der Waals surface area contributed by atoms with E-state index in [1.54, 1.807) is 11.6 Å². The first-order valence-corrected chi connectivity index (χ1v) is 6.97. The van der Waals surface area contributed by atoms with E-state index in [0.717, 1.165) is 12.1 Å². The van der Waals surface area contributed by atoms with E-state index in [2.05, 4.69) is 24.2 Å². The van der Waals surface area contributed by atoms with E-state index < -0.39 is 5.97 Å². The number of nitrogens with zero attached hydrogens (tertiary/aromatic N) is 3. The van der Waals surface area contributed by atoms with Crippen molar-refractivity contribution < 1.29 is 14.3 Å². The van der Waals surface area contributed by atoms with Crippen LogP contribution in [0.1, 0.15) is 63.3 Å². The van der Waals surface area contributed by atoms with Crippen molar-refractivity contribution >= 4 is 5.97 Å². The van der Waals surface area contributed by atoms with Crippen molar-refractivity contribution in [3.63, 3.8) is 0 Å². The Morgan fingerprint density at radius 2 is 2.10 bits per heavy atom. The Bertz CT molecular complexity index is 520. The maximum Gasteiger partial charge on any atom is 0.360 e. The Hall–Kier alpha value is -1.43. The van der Waals surface area contributed by atoms with Gasteiger partial charge in [-0.1, -0.05) is 5.21 Å². The van der Waals surface area contributed by atoms with Crippen LogP contribution in [0.15, 0.2) is 0 Å². The molecule has 1 aliphatic heterocycles. The molecule has 1 unspecified atom stereocenters. The molecular formula is C14H23N3O3. The van der Waals surface area contributed by atoms with Crippen molar-refractivity contribution in [1.29, 1.82) is 0 Å². The monoisotopic (exact) mass is 281 g/mol. The highest BCUT2D eigenvalue weighted by atomic mass is 16.5. The van der Waals surface area contributed by atoms with E-state index >= 15 is 0 Å². The van der Waals surface area contributed by atoms with Crippen LogP contribution in [0.2, 0.25) is 0 Å². The van der Waals surface area contributed by atoms with Gasteiger partial charge in [0, 0.05) is 6.42 Å². The van der Waals surface area contributed by atoms with E-state index in [1.165, 1.54) is 0 Å². The Balaban J connectivity index is 2.33. The first-order chi connectivity index (χ1) is 9.18. The molecular weight excluding hydrogens is 258 g/mol. The maximum absolute atomic E-state index is 11.8. The molecule has 1 aromatic rings. The largest absolute Gasteiger partial charge is 0.461 e. The molecule has 2 rings (SSSR count). The number of rotatable bonds is 3. The van der Waals surface area contributed by atoms with Crippen molar-refractivity contribution in [3.05, 3.63) is 11.4 Å². The number of esters is 1. The summed E-state index contributed by atoms with van der Waals surface area (Å²) in [6.07, 6.45) is 0.826. The predicted octanol–water partition coefficient (Wildman–Crippen LogP) is 2.28. The van der Waals surface area contributed by atoms with Gasteiger partial charge < -0.3 is 9.47 Å². The number of carbonyl (C=O) groups is 1. The molecule has 0 aliphatic carbocycles. The maximum atomic E-state index is 11.8. The van der Waals surface area contributed by atoms with E-state index in [0.29, 0.717) is 6.61 Å². The lowest BCUT2D eigenvalue weighted by molar-refractivity contribution is -0.0740. The molecule has 0 spiro atoms. The molecule has 6 heteroatoms. The molecule has 1 fully saturated rings. The second-order valence-electron chi connectivity index (χ2n) is 6.37. The molecule has 1 aromatic heterocycles. The summed E-state index contributed by atoms with van der Waals surface area (Å²) in [6, 6.07) is 0.0492. The standard InChI is InChI=1S/C14H23N3O3/c1-7-19-12(18)11-9(2)17(16-15-11)10-8-13(3,4)20-14(10,5)6/h10H,7-8H2,1-6H3. The zero-order valence-electron chi connectivity index (χ0n) is 13.1. The quantitative estimate of drug-likeness (QED) is 0.795. The van der Waals surface area contributed by atoms with Crippen LogP contribution < -0.4 is 0 Å². The summed E-state index contributed by atoms with van der Waals surface area (Å²) in [7, 11) is 0. The predicted molar refractivity (Wildman–Crippen MR) is 73.6 cm³/mol. The van der Waals surface area contributed by atoms with E-state index in [-0.39, 0.29) is 22.9 Å². The third-order valence-electron chi connectivity index (χ3n) is 3.72. The minimum absolute atomic E-state index is 0.0492. The van der Waals surface area contributed by atoms with Gasteiger partial charge in [-0.05, 0) is 41.5 Å². The molecule has 0 amide bonds. The van der Waals surface area contributed by atoms with E-state index in [9.17, 15) is 4.79 Å². The number of carbonyl (C=O) groups excluding carboxylic acids is 1. The summed E-state index contributed by atoms with van der Waals surface area (Å²) in [5, 5.41) is 8.12. The lowest BCUT2D eigenvalue weighted by atomic mass is 9.94. The zero-order valence-corrected chi connectivity index (χ0v) is 13.1. The fourth-order valence-corrected chi connectivity index (χ4v) is 2.94. The zero-order chi connectivity index (χ0) is 15.1. The Morgan fingerprint density at radius 3 is 2.60 bits per heavy atom. The van der Waals surface area contributed by atoms with Gasteiger partial charge >= 0.3 is 5.97 Å². The summed E-state index contributed by atoms with van der Waals surface area (Å²) < 4.78 is 12.9. The summed E-state index contributed by atoms with van der Waals surface area (Å²) in [4.78, 5) is 11.8. The minimum atomic E-state index is -0.424. The first-order valence-electron chi connectivity index (χ1n) is 6.97. The van der Waals surface area contributed by atoms with Crippen molar-refractivity contribution in [2.75, 3.05) is 6.61 Å². The van der Waals surface area contributed by atoms with Gasteiger partial charge in [-0.2, -0.15) is 0 Å². The highest BCUT2D eigenvalue weighted by Crippen LogP contribution is 2.44. The van der Waals surface area contributed by atoms with Crippen molar-refractivity contribution in [2.24, 2.45) is 0 Å². The lowest BCUT2D eigenvalue weighted by Crippen LogP contribution is -2.32. The molecule has 1 aliphatic rings. The second kappa shape index (κ2) is 4.84. The Morgan fingerprint density at radius 1 is 1.45 bits per heavy atom. The normalized spacial score (nSPS) is 23.8. The molecule has 1 atom stereocenters. The molecule has 6 nitrogen and oxygen atoms in total. The lowest BCUT2D eigenvalue weighted by Gasteiger charge is -2.27. The van der Waals surface area contributed by atoms with Crippen LogP contribution in [0.25, 0.3) is 0 Å². The average Bonchev–Trinajstić information content (AvgIpc) is 2.76. The van der Waals surface area contributed by atoms with Gasteiger partial charge in [-0.3, -0.25) is 0 Å². The third-order valence-corrected chi connectivity index (χ3v) is 3.72. The molecule has 0 N–H and O–H groups in total. The summed E-state index contributed by atoms with van der Waals surface area (Å²) in [6.45, 7) is 12.1. The average molecular weight is 281 g/mol. The van der Waals surface area contributed by atoms with Crippen LogP contribution >= 0.6 is 0 Å². The summed E-state index contributed by atoms with van der Waals surface area (Å²) in [5.41, 5.74) is 0.444.